The Kier molecular flexibility index (Phi) is 2.96. The first-order valence-corrected chi connectivity index (χ1v) is 5.49. The summed E-state index contributed by atoms with van der Waals surface area (Å²) in [5.41, 5.74) is 0.617. The summed E-state index contributed by atoms with van der Waals surface area (Å²) in [7, 11) is 3.46. The van der Waals surface area contributed by atoms with Crippen molar-refractivity contribution in [1.82, 2.24) is 14.7 Å². The van der Waals surface area contributed by atoms with Gasteiger partial charge in [0.25, 0.3) is 5.91 Å². The summed E-state index contributed by atoms with van der Waals surface area (Å²) in [4.78, 5) is 13.3. The molecule has 0 aromatic carbocycles. The molecule has 1 aromatic heterocycles. The molecule has 1 aliphatic carbocycles. The molecule has 1 heterocycles. The minimum atomic E-state index is -0.159. The number of nitrogens with zero attached hydrogens (tertiary/aromatic N) is 3. The molecule has 1 aromatic rings. The molecular formula is C11H17N3O2. The van der Waals surface area contributed by atoms with Gasteiger partial charge >= 0.3 is 0 Å². The smallest absolute Gasteiger partial charge is 0.271 e. The van der Waals surface area contributed by atoms with Crippen molar-refractivity contribution in [1.29, 1.82) is 0 Å². The van der Waals surface area contributed by atoms with E-state index in [1.54, 1.807) is 35.9 Å². The topological polar surface area (TPSA) is 58.4 Å². The first kappa shape index (κ1) is 11.1. The van der Waals surface area contributed by atoms with Gasteiger partial charge in [-0.2, -0.15) is 5.10 Å². The highest BCUT2D eigenvalue weighted by atomic mass is 16.3. The van der Waals surface area contributed by atoms with Crippen LogP contribution in [0, 0.1) is 5.92 Å². The van der Waals surface area contributed by atoms with Crippen LogP contribution in [0.15, 0.2) is 12.3 Å². The highest BCUT2D eigenvalue weighted by Gasteiger charge is 2.28. The number of carbonyl (C=O) groups excluding carboxylic acids is 1. The molecule has 0 saturated heterocycles. The molecule has 0 spiro atoms. The van der Waals surface area contributed by atoms with Gasteiger partial charge < -0.3 is 10.0 Å². The summed E-state index contributed by atoms with van der Waals surface area (Å²) in [5, 5.41) is 13.4. The fraction of sp³-hybridized carbons (Fsp3) is 0.636. The van der Waals surface area contributed by atoms with Crippen molar-refractivity contribution < 1.29 is 9.90 Å². The molecular weight excluding hydrogens is 206 g/mol. The van der Waals surface area contributed by atoms with Gasteiger partial charge in [0.1, 0.15) is 5.69 Å². The highest BCUT2D eigenvalue weighted by Crippen LogP contribution is 2.28. The molecule has 1 amide bonds. The number of hydrogen-bond acceptors (Lipinski definition) is 3. The molecule has 0 unspecified atom stereocenters. The molecule has 1 aliphatic rings. The predicted octanol–water partition coefficient (Wildman–Crippen LogP) is 0.356. The Morgan fingerprint density at radius 1 is 1.62 bits per heavy atom. The summed E-state index contributed by atoms with van der Waals surface area (Å²) in [6.07, 6.45) is 3.12. The second kappa shape index (κ2) is 4.25. The molecule has 16 heavy (non-hydrogen) atoms. The minimum absolute atomic E-state index is 0.0302. The summed E-state index contributed by atoms with van der Waals surface area (Å²) in [5.74, 6) is 0.418. The zero-order valence-corrected chi connectivity index (χ0v) is 9.63. The average molecular weight is 223 g/mol. The first-order chi connectivity index (χ1) is 7.58. The number of rotatable bonds is 3. The number of hydrogen-bond donors (Lipinski definition) is 1. The van der Waals surface area contributed by atoms with Gasteiger partial charge in [-0.25, -0.2) is 0 Å². The monoisotopic (exact) mass is 223 g/mol. The molecule has 0 radical (unpaired) electrons. The van der Waals surface area contributed by atoms with Crippen LogP contribution in [0.3, 0.4) is 0 Å². The normalized spacial score (nSPS) is 23.9. The van der Waals surface area contributed by atoms with Gasteiger partial charge in [-0.3, -0.25) is 9.48 Å². The van der Waals surface area contributed by atoms with Crippen LogP contribution in [0.25, 0.3) is 0 Å². The lowest BCUT2D eigenvalue weighted by atomic mass is 9.82. The maximum absolute atomic E-state index is 11.8. The van der Waals surface area contributed by atoms with Crippen molar-refractivity contribution in [2.75, 3.05) is 14.1 Å². The Balaban J connectivity index is 2.04. The van der Waals surface area contributed by atoms with Crippen molar-refractivity contribution in [2.45, 2.75) is 25.5 Å². The molecule has 2 rings (SSSR count). The van der Waals surface area contributed by atoms with E-state index in [2.05, 4.69) is 5.10 Å². The van der Waals surface area contributed by atoms with Gasteiger partial charge in [0.2, 0.25) is 0 Å². The van der Waals surface area contributed by atoms with E-state index in [4.69, 9.17) is 0 Å². The lowest BCUT2D eigenvalue weighted by molar-refractivity contribution is 0.0331. The maximum atomic E-state index is 11.8. The highest BCUT2D eigenvalue weighted by molar-refractivity contribution is 5.92. The standard InChI is InChI=1S/C11H17N3O2/c1-13(2)11(16)10-3-4-12-14(10)7-8-5-9(15)6-8/h3-4,8-9,15H,5-7H2,1-2H3. The van der Waals surface area contributed by atoms with Gasteiger partial charge in [-0.1, -0.05) is 0 Å². The summed E-state index contributed by atoms with van der Waals surface area (Å²) in [6, 6.07) is 1.73. The quantitative estimate of drug-likeness (QED) is 0.804. The lowest BCUT2D eigenvalue weighted by Gasteiger charge is -2.31. The van der Waals surface area contributed by atoms with Crippen LogP contribution in [-0.4, -0.2) is 45.9 Å². The molecule has 1 fully saturated rings. The molecule has 0 atom stereocenters. The van der Waals surface area contributed by atoms with Gasteiger partial charge in [-0.05, 0) is 24.8 Å². The van der Waals surface area contributed by atoms with E-state index in [-0.39, 0.29) is 12.0 Å². The van der Waals surface area contributed by atoms with Crippen molar-refractivity contribution in [3.05, 3.63) is 18.0 Å². The Hall–Kier alpha value is -1.36. The van der Waals surface area contributed by atoms with Gasteiger partial charge in [0, 0.05) is 26.8 Å². The number of aliphatic hydroxyl groups excluding tert-OH is 1. The van der Waals surface area contributed by atoms with Crippen LogP contribution in [0.2, 0.25) is 0 Å². The third kappa shape index (κ3) is 2.09. The van der Waals surface area contributed by atoms with Gasteiger partial charge in [0.15, 0.2) is 0 Å². The third-order valence-corrected chi connectivity index (χ3v) is 2.98. The van der Waals surface area contributed by atoms with Crippen molar-refractivity contribution >= 4 is 5.91 Å². The first-order valence-electron chi connectivity index (χ1n) is 5.49. The van der Waals surface area contributed by atoms with E-state index in [0.29, 0.717) is 11.6 Å². The van der Waals surface area contributed by atoms with E-state index in [0.717, 1.165) is 19.4 Å². The Bertz CT molecular complexity index is 380. The van der Waals surface area contributed by atoms with Crippen molar-refractivity contribution in [2.24, 2.45) is 5.92 Å². The number of aliphatic hydroxyl groups is 1. The van der Waals surface area contributed by atoms with Crippen LogP contribution in [0.5, 0.6) is 0 Å². The minimum Gasteiger partial charge on any atom is -0.393 e. The summed E-state index contributed by atoms with van der Waals surface area (Å²) in [6.45, 7) is 0.721. The zero-order valence-electron chi connectivity index (χ0n) is 9.63. The molecule has 0 bridgehead atoms. The summed E-state index contributed by atoms with van der Waals surface area (Å²) >= 11 is 0. The van der Waals surface area contributed by atoms with Crippen LogP contribution >= 0.6 is 0 Å². The fourth-order valence-electron chi connectivity index (χ4n) is 1.98. The van der Waals surface area contributed by atoms with E-state index in [1.807, 2.05) is 0 Å². The number of aromatic nitrogens is 2. The third-order valence-electron chi connectivity index (χ3n) is 2.98. The van der Waals surface area contributed by atoms with E-state index < -0.39 is 0 Å². The fourth-order valence-corrected chi connectivity index (χ4v) is 1.98. The van der Waals surface area contributed by atoms with E-state index in [1.165, 1.54) is 0 Å². The van der Waals surface area contributed by atoms with Crippen molar-refractivity contribution in [3.8, 4) is 0 Å². The average Bonchev–Trinajstić information content (AvgIpc) is 2.62. The van der Waals surface area contributed by atoms with Gasteiger partial charge in [-0.15, -0.1) is 0 Å². The zero-order chi connectivity index (χ0) is 11.7. The van der Waals surface area contributed by atoms with E-state index >= 15 is 0 Å². The van der Waals surface area contributed by atoms with Crippen molar-refractivity contribution in [3.63, 3.8) is 0 Å². The van der Waals surface area contributed by atoms with Crippen LogP contribution < -0.4 is 0 Å². The Labute approximate surface area is 94.7 Å². The van der Waals surface area contributed by atoms with Crippen LogP contribution in [-0.2, 0) is 6.54 Å². The SMILES string of the molecule is CN(C)C(=O)c1ccnn1CC1CC(O)C1. The lowest BCUT2D eigenvalue weighted by Crippen LogP contribution is -2.33. The maximum Gasteiger partial charge on any atom is 0.271 e. The molecule has 0 aliphatic heterocycles. The van der Waals surface area contributed by atoms with E-state index in [9.17, 15) is 9.90 Å². The Morgan fingerprint density at radius 3 is 2.88 bits per heavy atom. The Morgan fingerprint density at radius 2 is 2.31 bits per heavy atom. The molecule has 5 nitrogen and oxygen atoms in total. The molecule has 1 N–H and O–H groups in total. The van der Waals surface area contributed by atoms with Crippen LogP contribution in [0.1, 0.15) is 23.3 Å². The van der Waals surface area contributed by atoms with Crippen LogP contribution in [0.4, 0.5) is 0 Å². The largest absolute Gasteiger partial charge is 0.393 e. The number of carbonyl (C=O) groups is 1. The van der Waals surface area contributed by atoms with Gasteiger partial charge in [0.05, 0.1) is 6.10 Å². The number of amides is 1. The second-order valence-corrected chi connectivity index (χ2v) is 4.59. The molecule has 1 saturated carbocycles. The second-order valence-electron chi connectivity index (χ2n) is 4.59. The molecule has 5 heteroatoms. The summed E-state index contributed by atoms with van der Waals surface area (Å²) < 4.78 is 1.74. The predicted molar refractivity (Wildman–Crippen MR) is 59.0 cm³/mol. The molecule has 88 valence electrons.